The van der Waals surface area contributed by atoms with Crippen molar-refractivity contribution in [2.45, 2.75) is 31.6 Å². The molecule has 0 spiro atoms. The molecule has 2 nitrogen and oxygen atoms in total. The van der Waals surface area contributed by atoms with Crippen molar-refractivity contribution < 1.29 is 9.90 Å². The molecule has 0 amide bonds. The molecule has 1 heterocycles. The van der Waals surface area contributed by atoms with Crippen molar-refractivity contribution >= 4 is 33.2 Å². The van der Waals surface area contributed by atoms with Gasteiger partial charge in [-0.05, 0) is 46.3 Å². The van der Waals surface area contributed by atoms with Crippen LogP contribution in [0.15, 0.2) is 9.85 Å². The lowest BCUT2D eigenvalue weighted by atomic mass is 9.98. The first-order valence-electron chi connectivity index (χ1n) is 4.71. The van der Waals surface area contributed by atoms with E-state index in [1.807, 2.05) is 6.07 Å². The van der Waals surface area contributed by atoms with Crippen molar-refractivity contribution in [3.8, 4) is 0 Å². The highest BCUT2D eigenvalue weighted by Gasteiger charge is 2.24. The maximum atomic E-state index is 11.0. The summed E-state index contributed by atoms with van der Waals surface area (Å²) in [5.41, 5.74) is 1.03. The van der Waals surface area contributed by atoms with Gasteiger partial charge in [-0.3, -0.25) is 0 Å². The van der Waals surface area contributed by atoms with Crippen molar-refractivity contribution in [3.63, 3.8) is 0 Å². The number of thiophene rings is 1. The lowest BCUT2D eigenvalue weighted by Gasteiger charge is -2.07. The highest BCUT2D eigenvalue weighted by atomic mass is 79.9. The molecular weight excluding hydrogens is 264 g/mol. The fourth-order valence-corrected chi connectivity index (χ4v) is 3.62. The number of carboxylic acid groups (broad SMARTS) is 1. The molecule has 0 radical (unpaired) electrons. The van der Waals surface area contributed by atoms with E-state index in [-0.39, 0.29) is 0 Å². The van der Waals surface area contributed by atoms with Crippen molar-refractivity contribution in [1.29, 1.82) is 0 Å². The summed E-state index contributed by atoms with van der Waals surface area (Å²) in [5, 5.41) is 9.03. The minimum atomic E-state index is -0.789. The number of carbonyl (C=O) groups is 1. The molecule has 4 heteroatoms. The van der Waals surface area contributed by atoms with Crippen LogP contribution in [0.5, 0.6) is 0 Å². The van der Waals surface area contributed by atoms with E-state index in [9.17, 15) is 4.79 Å². The van der Waals surface area contributed by atoms with Gasteiger partial charge in [0.05, 0.1) is 3.79 Å². The molecule has 0 atom stereocenters. The van der Waals surface area contributed by atoms with Crippen LogP contribution in [-0.4, -0.2) is 11.1 Å². The third-order valence-corrected chi connectivity index (χ3v) is 4.36. The summed E-state index contributed by atoms with van der Waals surface area (Å²) in [6.45, 7) is 0. The SMILES string of the molecule is O=C(O)c1sc(Br)cc1C1CCCC1. The third-order valence-electron chi connectivity index (χ3n) is 2.72. The van der Waals surface area contributed by atoms with Gasteiger partial charge in [-0.2, -0.15) is 0 Å². The first-order chi connectivity index (χ1) is 6.68. The Morgan fingerprint density at radius 1 is 1.50 bits per heavy atom. The van der Waals surface area contributed by atoms with E-state index in [4.69, 9.17) is 5.11 Å². The topological polar surface area (TPSA) is 37.3 Å². The maximum absolute atomic E-state index is 11.0. The van der Waals surface area contributed by atoms with Gasteiger partial charge in [0, 0.05) is 0 Å². The molecule has 1 aromatic rings. The molecule has 14 heavy (non-hydrogen) atoms. The van der Waals surface area contributed by atoms with Gasteiger partial charge in [0.1, 0.15) is 4.88 Å². The maximum Gasteiger partial charge on any atom is 0.346 e. The van der Waals surface area contributed by atoms with Crippen LogP contribution in [0.25, 0.3) is 0 Å². The molecule has 1 N–H and O–H groups in total. The number of halogens is 1. The van der Waals surface area contributed by atoms with Crippen LogP contribution >= 0.6 is 27.3 Å². The number of hydrogen-bond acceptors (Lipinski definition) is 2. The predicted octanol–water partition coefficient (Wildman–Crippen LogP) is 3.87. The summed E-state index contributed by atoms with van der Waals surface area (Å²) in [6, 6.07) is 1.98. The van der Waals surface area contributed by atoms with Gasteiger partial charge in [-0.25, -0.2) is 4.79 Å². The standard InChI is InChI=1S/C10H11BrO2S/c11-8-5-7(6-3-1-2-4-6)9(14-8)10(12)13/h5-6H,1-4H2,(H,12,13). The molecule has 0 aromatic carbocycles. The van der Waals surface area contributed by atoms with E-state index < -0.39 is 5.97 Å². The summed E-state index contributed by atoms with van der Waals surface area (Å²) in [7, 11) is 0. The largest absolute Gasteiger partial charge is 0.477 e. The van der Waals surface area contributed by atoms with Crippen LogP contribution in [0, 0.1) is 0 Å². The van der Waals surface area contributed by atoms with Crippen LogP contribution in [0.3, 0.4) is 0 Å². The fourth-order valence-electron chi connectivity index (χ4n) is 2.08. The number of rotatable bonds is 2. The molecule has 1 fully saturated rings. The van der Waals surface area contributed by atoms with Crippen LogP contribution in [-0.2, 0) is 0 Å². The van der Waals surface area contributed by atoms with Crippen LogP contribution in [0.2, 0.25) is 0 Å². The average Bonchev–Trinajstić information content (AvgIpc) is 2.70. The zero-order valence-electron chi connectivity index (χ0n) is 7.62. The van der Waals surface area contributed by atoms with E-state index in [1.54, 1.807) is 0 Å². The Labute approximate surface area is 95.1 Å². The van der Waals surface area contributed by atoms with Crippen molar-refractivity contribution in [3.05, 3.63) is 20.3 Å². The van der Waals surface area contributed by atoms with Gasteiger partial charge in [-0.15, -0.1) is 11.3 Å². The first-order valence-corrected chi connectivity index (χ1v) is 6.32. The highest BCUT2D eigenvalue weighted by molar-refractivity contribution is 9.11. The van der Waals surface area contributed by atoms with E-state index in [0.29, 0.717) is 10.8 Å². The molecule has 1 aromatic heterocycles. The quantitative estimate of drug-likeness (QED) is 0.889. The molecule has 1 aliphatic carbocycles. The summed E-state index contributed by atoms with van der Waals surface area (Å²) >= 11 is 4.68. The Morgan fingerprint density at radius 3 is 2.71 bits per heavy atom. The van der Waals surface area contributed by atoms with Gasteiger partial charge >= 0.3 is 5.97 Å². The molecule has 76 valence electrons. The van der Waals surface area contributed by atoms with Crippen LogP contribution in [0.4, 0.5) is 0 Å². The number of hydrogen-bond donors (Lipinski definition) is 1. The Bertz CT molecular complexity index is 353. The molecule has 1 saturated carbocycles. The van der Waals surface area contributed by atoms with Gasteiger partial charge in [-0.1, -0.05) is 12.8 Å². The molecule has 2 rings (SSSR count). The van der Waals surface area contributed by atoms with Gasteiger partial charge < -0.3 is 5.11 Å². The summed E-state index contributed by atoms with van der Waals surface area (Å²) in [6.07, 6.45) is 4.75. The third kappa shape index (κ3) is 1.86. The summed E-state index contributed by atoms with van der Waals surface area (Å²) in [5.74, 6) is -0.314. The first kappa shape index (κ1) is 10.2. The molecular formula is C10H11BrO2S. The zero-order valence-corrected chi connectivity index (χ0v) is 10.0. The normalized spacial score (nSPS) is 17.5. The molecule has 1 aliphatic rings. The monoisotopic (exact) mass is 274 g/mol. The lowest BCUT2D eigenvalue weighted by Crippen LogP contribution is -2.00. The average molecular weight is 275 g/mol. The summed E-state index contributed by atoms with van der Waals surface area (Å²) in [4.78, 5) is 11.5. The Morgan fingerprint density at radius 2 is 2.14 bits per heavy atom. The minimum Gasteiger partial charge on any atom is -0.477 e. The Kier molecular flexibility index (Phi) is 2.93. The van der Waals surface area contributed by atoms with Crippen LogP contribution in [0.1, 0.15) is 46.8 Å². The van der Waals surface area contributed by atoms with Crippen molar-refractivity contribution in [1.82, 2.24) is 0 Å². The molecule has 0 saturated heterocycles. The number of aromatic carboxylic acids is 1. The second kappa shape index (κ2) is 4.03. The summed E-state index contributed by atoms with van der Waals surface area (Å²) < 4.78 is 0.928. The van der Waals surface area contributed by atoms with Gasteiger partial charge in [0.25, 0.3) is 0 Å². The predicted molar refractivity (Wildman–Crippen MR) is 60.2 cm³/mol. The van der Waals surface area contributed by atoms with Gasteiger partial charge in [0.15, 0.2) is 0 Å². The smallest absolute Gasteiger partial charge is 0.346 e. The zero-order chi connectivity index (χ0) is 10.1. The molecule has 0 bridgehead atoms. The minimum absolute atomic E-state index is 0.476. The lowest BCUT2D eigenvalue weighted by molar-refractivity contribution is 0.0700. The van der Waals surface area contributed by atoms with Crippen LogP contribution < -0.4 is 0 Å². The number of carboxylic acids is 1. The van der Waals surface area contributed by atoms with E-state index in [1.165, 1.54) is 24.2 Å². The van der Waals surface area contributed by atoms with E-state index in [0.717, 1.165) is 22.2 Å². The Balaban J connectivity index is 2.35. The van der Waals surface area contributed by atoms with Crippen molar-refractivity contribution in [2.24, 2.45) is 0 Å². The van der Waals surface area contributed by atoms with E-state index >= 15 is 0 Å². The second-order valence-electron chi connectivity index (χ2n) is 3.62. The van der Waals surface area contributed by atoms with Crippen molar-refractivity contribution in [2.75, 3.05) is 0 Å². The Hall–Kier alpha value is -0.350. The van der Waals surface area contributed by atoms with E-state index in [2.05, 4.69) is 15.9 Å². The second-order valence-corrected chi connectivity index (χ2v) is 6.05. The van der Waals surface area contributed by atoms with Gasteiger partial charge in [0.2, 0.25) is 0 Å². The molecule has 0 unspecified atom stereocenters. The fraction of sp³-hybridized carbons (Fsp3) is 0.500. The molecule has 0 aliphatic heterocycles. The highest BCUT2D eigenvalue weighted by Crippen LogP contribution is 2.40.